The highest BCUT2D eigenvalue weighted by Gasteiger charge is 2.13. The Hall–Kier alpha value is -1.39. The largest absolute Gasteiger partial charge is 0.486 e. The molecule has 1 aromatic rings. The minimum absolute atomic E-state index is 0.0660. The Labute approximate surface area is 95.0 Å². The summed E-state index contributed by atoms with van der Waals surface area (Å²) in [6, 6.07) is 5.34. The molecular weight excluding hydrogens is 206 g/mol. The normalized spacial score (nSPS) is 12.2. The number of aliphatic hydroxyl groups excluding tert-OH is 1. The number of nitrogens with two attached hydrogens (primary N) is 1. The first kappa shape index (κ1) is 12.7. The highest BCUT2D eigenvalue weighted by Crippen LogP contribution is 2.21. The van der Waals surface area contributed by atoms with Gasteiger partial charge < -0.3 is 15.6 Å². The van der Waals surface area contributed by atoms with Crippen molar-refractivity contribution in [1.29, 1.82) is 0 Å². The highest BCUT2D eigenvalue weighted by atomic mass is 16.5. The van der Waals surface area contributed by atoms with Crippen LogP contribution >= 0.6 is 0 Å². The van der Waals surface area contributed by atoms with Gasteiger partial charge in [0.15, 0.2) is 5.78 Å². The Bertz CT molecular complexity index is 373. The molecule has 0 saturated heterocycles. The van der Waals surface area contributed by atoms with Gasteiger partial charge in [-0.1, -0.05) is 6.07 Å². The molecule has 0 bridgehead atoms. The third kappa shape index (κ3) is 3.05. The summed E-state index contributed by atoms with van der Waals surface area (Å²) in [7, 11) is 0. The zero-order chi connectivity index (χ0) is 12.1. The van der Waals surface area contributed by atoms with Gasteiger partial charge in [0.25, 0.3) is 0 Å². The smallest absolute Gasteiger partial charge is 0.163 e. The zero-order valence-corrected chi connectivity index (χ0v) is 9.56. The van der Waals surface area contributed by atoms with Crippen LogP contribution in [0.3, 0.4) is 0 Å². The molecule has 0 aliphatic rings. The first-order valence-corrected chi connectivity index (χ1v) is 5.17. The van der Waals surface area contributed by atoms with Gasteiger partial charge in [-0.05, 0) is 31.5 Å². The fraction of sp³-hybridized carbons (Fsp3) is 0.417. The molecule has 4 heteroatoms. The lowest BCUT2D eigenvalue weighted by Crippen LogP contribution is -2.30. The Kier molecular flexibility index (Phi) is 4.46. The number of carbonyl (C=O) groups excluding carboxylic acids is 1. The molecule has 0 spiro atoms. The molecule has 0 aromatic heterocycles. The van der Waals surface area contributed by atoms with Crippen LogP contribution in [0.4, 0.5) is 0 Å². The van der Waals surface area contributed by atoms with E-state index in [2.05, 4.69) is 0 Å². The fourth-order valence-electron chi connectivity index (χ4n) is 1.36. The van der Waals surface area contributed by atoms with Crippen LogP contribution in [0, 0.1) is 6.92 Å². The van der Waals surface area contributed by atoms with E-state index < -0.39 is 6.10 Å². The Morgan fingerprint density at radius 1 is 1.56 bits per heavy atom. The summed E-state index contributed by atoms with van der Waals surface area (Å²) in [6.07, 6.45) is -0.472. The van der Waals surface area contributed by atoms with E-state index in [1.807, 2.05) is 13.0 Å². The van der Waals surface area contributed by atoms with Gasteiger partial charge in [-0.2, -0.15) is 0 Å². The van der Waals surface area contributed by atoms with Crippen LogP contribution in [0.5, 0.6) is 5.75 Å². The molecule has 0 aliphatic heterocycles. The number of aryl methyl sites for hydroxylation is 1. The standard InChI is InChI=1S/C12H17NO3/c1-8-3-4-11(9(2)15)12(5-8)16-10(6-13)7-14/h3-5,10,14H,6-7,13H2,1-2H3. The number of hydrogen-bond acceptors (Lipinski definition) is 4. The Balaban J connectivity index is 3.00. The lowest BCUT2D eigenvalue weighted by atomic mass is 10.1. The average Bonchev–Trinajstić information content (AvgIpc) is 2.25. The highest BCUT2D eigenvalue weighted by molar-refractivity contribution is 5.96. The van der Waals surface area contributed by atoms with Crippen molar-refractivity contribution in [3.05, 3.63) is 29.3 Å². The van der Waals surface area contributed by atoms with Gasteiger partial charge in [-0.25, -0.2) is 0 Å². The van der Waals surface area contributed by atoms with Gasteiger partial charge in [-0.3, -0.25) is 4.79 Å². The molecule has 4 nitrogen and oxygen atoms in total. The van der Waals surface area contributed by atoms with Gasteiger partial charge in [0.2, 0.25) is 0 Å². The van der Waals surface area contributed by atoms with E-state index in [9.17, 15) is 4.79 Å². The molecule has 16 heavy (non-hydrogen) atoms. The van der Waals surface area contributed by atoms with Crippen molar-refractivity contribution in [2.75, 3.05) is 13.2 Å². The maximum Gasteiger partial charge on any atom is 0.163 e. The third-order valence-electron chi connectivity index (χ3n) is 2.28. The summed E-state index contributed by atoms with van der Waals surface area (Å²) in [5.74, 6) is 0.417. The summed E-state index contributed by atoms with van der Waals surface area (Å²) in [5, 5.41) is 9.00. The molecule has 0 saturated carbocycles. The number of rotatable bonds is 5. The first-order chi connectivity index (χ1) is 7.58. The molecular formula is C12H17NO3. The van der Waals surface area contributed by atoms with Gasteiger partial charge in [0.05, 0.1) is 12.2 Å². The average molecular weight is 223 g/mol. The summed E-state index contributed by atoms with van der Waals surface area (Å²) in [4.78, 5) is 11.4. The predicted octanol–water partition coefficient (Wildman–Crippen LogP) is 0.896. The topological polar surface area (TPSA) is 72.5 Å². The van der Waals surface area contributed by atoms with Gasteiger partial charge in [-0.15, -0.1) is 0 Å². The molecule has 0 radical (unpaired) electrons. The number of ether oxygens (including phenoxy) is 1. The minimum atomic E-state index is -0.472. The lowest BCUT2D eigenvalue weighted by molar-refractivity contribution is 0.0988. The first-order valence-electron chi connectivity index (χ1n) is 5.17. The summed E-state index contributed by atoms with van der Waals surface area (Å²) < 4.78 is 5.49. The molecule has 0 fully saturated rings. The summed E-state index contributed by atoms with van der Waals surface area (Å²) in [6.45, 7) is 3.44. The number of carbonyl (C=O) groups is 1. The second-order valence-corrected chi connectivity index (χ2v) is 3.71. The van der Waals surface area contributed by atoms with Crippen molar-refractivity contribution in [3.8, 4) is 5.75 Å². The molecule has 88 valence electrons. The van der Waals surface area contributed by atoms with E-state index in [4.69, 9.17) is 15.6 Å². The molecule has 0 amide bonds. The zero-order valence-electron chi connectivity index (χ0n) is 9.56. The van der Waals surface area contributed by atoms with Crippen molar-refractivity contribution in [2.45, 2.75) is 20.0 Å². The number of hydrogen-bond donors (Lipinski definition) is 2. The van der Waals surface area contributed by atoms with Crippen LogP contribution in [0.25, 0.3) is 0 Å². The second-order valence-electron chi connectivity index (χ2n) is 3.71. The number of ketones is 1. The van der Waals surface area contributed by atoms with Crippen molar-refractivity contribution >= 4 is 5.78 Å². The van der Waals surface area contributed by atoms with E-state index in [0.29, 0.717) is 11.3 Å². The minimum Gasteiger partial charge on any atom is -0.486 e. The van der Waals surface area contributed by atoms with Crippen molar-refractivity contribution in [2.24, 2.45) is 5.73 Å². The van der Waals surface area contributed by atoms with E-state index >= 15 is 0 Å². The third-order valence-corrected chi connectivity index (χ3v) is 2.28. The summed E-state index contributed by atoms with van der Waals surface area (Å²) >= 11 is 0. The van der Waals surface area contributed by atoms with Crippen LogP contribution < -0.4 is 10.5 Å². The Morgan fingerprint density at radius 2 is 2.25 bits per heavy atom. The summed E-state index contributed by atoms with van der Waals surface area (Å²) in [5.41, 5.74) is 6.93. The number of benzene rings is 1. The number of Topliss-reactive ketones (excluding diaryl/α,β-unsaturated/α-hetero) is 1. The van der Waals surface area contributed by atoms with Crippen molar-refractivity contribution in [1.82, 2.24) is 0 Å². The fourth-order valence-corrected chi connectivity index (χ4v) is 1.36. The maximum atomic E-state index is 11.4. The molecule has 0 aliphatic carbocycles. The van der Waals surface area contributed by atoms with Gasteiger partial charge in [0.1, 0.15) is 11.9 Å². The molecule has 3 N–H and O–H groups in total. The van der Waals surface area contributed by atoms with Crippen LogP contribution in [0.1, 0.15) is 22.8 Å². The SMILES string of the molecule is CC(=O)c1ccc(C)cc1OC(CN)CO. The van der Waals surface area contributed by atoms with Gasteiger partial charge in [0, 0.05) is 6.54 Å². The van der Waals surface area contributed by atoms with Crippen LogP contribution in [0.2, 0.25) is 0 Å². The molecule has 1 atom stereocenters. The van der Waals surface area contributed by atoms with Gasteiger partial charge >= 0.3 is 0 Å². The lowest BCUT2D eigenvalue weighted by Gasteiger charge is -2.17. The van der Waals surface area contributed by atoms with Crippen molar-refractivity contribution in [3.63, 3.8) is 0 Å². The van der Waals surface area contributed by atoms with E-state index in [1.54, 1.807) is 12.1 Å². The van der Waals surface area contributed by atoms with E-state index in [0.717, 1.165) is 5.56 Å². The predicted molar refractivity (Wildman–Crippen MR) is 61.7 cm³/mol. The van der Waals surface area contributed by atoms with E-state index in [-0.39, 0.29) is 18.9 Å². The Morgan fingerprint density at radius 3 is 2.75 bits per heavy atom. The molecule has 1 unspecified atom stereocenters. The molecule has 1 aromatic carbocycles. The quantitative estimate of drug-likeness (QED) is 0.727. The van der Waals surface area contributed by atoms with Crippen LogP contribution in [0.15, 0.2) is 18.2 Å². The second kappa shape index (κ2) is 5.63. The van der Waals surface area contributed by atoms with Crippen molar-refractivity contribution < 1.29 is 14.6 Å². The molecule has 1 rings (SSSR count). The molecule has 0 heterocycles. The number of aliphatic hydroxyl groups is 1. The monoisotopic (exact) mass is 223 g/mol. The van der Waals surface area contributed by atoms with E-state index in [1.165, 1.54) is 6.92 Å². The van der Waals surface area contributed by atoms with Crippen LogP contribution in [-0.2, 0) is 0 Å². The maximum absolute atomic E-state index is 11.4. The van der Waals surface area contributed by atoms with Crippen LogP contribution in [-0.4, -0.2) is 30.1 Å².